The van der Waals surface area contributed by atoms with Crippen molar-refractivity contribution in [1.82, 2.24) is 9.97 Å². The molecule has 2 aromatic rings. The van der Waals surface area contributed by atoms with Gasteiger partial charge in [-0.1, -0.05) is 0 Å². The van der Waals surface area contributed by atoms with Crippen LogP contribution in [-0.4, -0.2) is 16.6 Å². The Kier molecular flexibility index (Phi) is 2.22. The second kappa shape index (κ2) is 3.53. The average molecular weight is 195 g/mol. The first-order chi connectivity index (χ1) is 6.75. The number of ether oxygens (including phenoxy) is 1. The van der Waals surface area contributed by atoms with Crippen LogP contribution < -0.4 is 4.74 Å². The molecule has 0 amide bonds. The summed E-state index contributed by atoms with van der Waals surface area (Å²) < 4.78 is 27.9. The zero-order chi connectivity index (χ0) is 9.97. The molecule has 0 aliphatic carbocycles. The molecule has 1 aromatic heterocycles. The van der Waals surface area contributed by atoms with E-state index in [-0.39, 0.29) is 5.75 Å². The van der Waals surface area contributed by atoms with Gasteiger partial charge in [0.15, 0.2) is 6.33 Å². The molecule has 0 N–H and O–H groups in total. The lowest BCUT2D eigenvalue weighted by molar-refractivity contribution is -0.0497. The van der Waals surface area contributed by atoms with Crippen molar-refractivity contribution in [2.75, 3.05) is 0 Å². The summed E-state index contributed by atoms with van der Waals surface area (Å²) in [6.07, 6.45) is 3.92. The summed E-state index contributed by atoms with van der Waals surface area (Å²) in [6, 6.07) is 4.47. The Morgan fingerprint density at radius 3 is 3.00 bits per heavy atom. The predicted molar refractivity (Wildman–Crippen MR) is 45.0 cm³/mol. The maximum atomic E-state index is 11.9. The summed E-state index contributed by atoms with van der Waals surface area (Å²) in [7, 11) is 0. The van der Waals surface area contributed by atoms with Crippen molar-refractivity contribution in [3.8, 4) is 5.75 Å². The summed E-state index contributed by atoms with van der Waals surface area (Å²) >= 11 is 0. The van der Waals surface area contributed by atoms with Crippen LogP contribution in [0.5, 0.6) is 5.75 Å². The van der Waals surface area contributed by atoms with Crippen molar-refractivity contribution in [3.05, 3.63) is 30.7 Å². The van der Waals surface area contributed by atoms with Crippen LogP contribution >= 0.6 is 0 Å². The molecule has 5 heteroatoms. The number of halogens is 2. The molecule has 3 nitrogen and oxygen atoms in total. The zero-order valence-corrected chi connectivity index (χ0v) is 6.95. The molecular formula is C9H5F2N2O. The maximum absolute atomic E-state index is 11.9. The molecule has 0 unspecified atom stereocenters. The molecule has 0 spiro atoms. The standard InChI is InChI=1S/C9H5F2N2O/c10-9(11)14-7-2-1-6-4-12-5-13-8(6)3-7/h1-4,9H. The van der Waals surface area contributed by atoms with E-state index in [1.54, 1.807) is 12.3 Å². The molecule has 0 bridgehead atoms. The van der Waals surface area contributed by atoms with Crippen LogP contribution in [0.1, 0.15) is 0 Å². The van der Waals surface area contributed by atoms with Gasteiger partial charge in [0, 0.05) is 17.6 Å². The van der Waals surface area contributed by atoms with Gasteiger partial charge in [0.05, 0.1) is 5.52 Å². The smallest absolute Gasteiger partial charge is 0.387 e. The van der Waals surface area contributed by atoms with Crippen molar-refractivity contribution < 1.29 is 13.5 Å². The van der Waals surface area contributed by atoms with Crippen molar-refractivity contribution in [3.63, 3.8) is 0 Å². The summed E-state index contributed by atoms with van der Waals surface area (Å²) in [5.74, 6) is 0.0830. The van der Waals surface area contributed by atoms with Crippen molar-refractivity contribution >= 4 is 10.9 Å². The van der Waals surface area contributed by atoms with E-state index in [2.05, 4.69) is 21.0 Å². The van der Waals surface area contributed by atoms with Gasteiger partial charge in [0.1, 0.15) is 5.75 Å². The van der Waals surface area contributed by atoms with Gasteiger partial charge in [0.25, 0.3) is 0 Å². The lowest BCUT2D eigenvalue weighted by Gasteiger charge is -2.04. The minimum absolute atomic E-state index is 0.0830. The van der Waals surface area contributed by atoms with E-state index in [1.165, 1.54) is 12.1 Å². The van der Waals surface area contributed by atoms with Crippen LogP contribution in [0.15, 0.2) is 24.4 Å². The van der Waals surface area contributed by atoms with E-state index in [1.807, 2.05) is 0 Å². The summed E-state index contributed by atoms with van der Waals surface area (Å²) in [5.41, 5.74) is 0.526. The second-order valence-electron chi connectivity index (χ2n) is 2.57. The van der Waals surface area contributed by atoms with Crippen molar-refractivity contribution in [2.24, 2.45) is 0 Å². The molecule has 0 fully saturated rings. The topological polar surface area (TPSA) is 35.0 Å². The van der Waals surface area contributed by atoms with E-state index in [9.17, 15) is 8.78 Å². The highest BCUT2D eigenvalue weighted by Gasteiger charge is 2.04. The van der Waals surface area contributed by atoms with E-state index < -0.39 is 6.61 Å². The van der Waals surface area contributed by atoms with Crippen LogP contribution in [0.3, 0.4) is 0 Å². The number of fused-ring (bicyclic) bond motifs is 1. The Labute approximate surface area is 78.4 Å². The quantitative estimate of drug-likeness (QED) is 0.735. The fourth-order valence-corrected chi connectivity index (χ4v) is 1.09. The molecule has 0 aliphatic rings. The fourth-order valence-electron chi connectivity index (χ4n) is 1.09. The number of benzene rings is 1. The Balaban J connectivity index is 2.41. The number of alkyl halides is 2. The lowest BCUT2D eigenvalue weighted by Crippen LogP contribution is -2.01. The second-order valence-corrected chi connectivity index (χ2v) is 2.57. The summed E-state index contributed by atoms with van der Waals surface area (Å²) in [6.45, 7) is -2.82. The van der Waals surface area contributed by atoms with Crippen LogP contribution in [0.2, 0.25) is 0 Å². The molecule has 0 atom stereocenters. The Morgan fingerprint density at radius 2 is 2.21 bits per heavy atom. The highest BCUT2D eigenvalue weighted by Crippen LogP contribution is 2.19. The van der Waals surface area contributed by atoms with E-state index >= 15 is 0 Å². The SMILES string of the molecule is FC(F)Oc1ccc2cn[c]nc2c1. The molecule has 0 aliphatic heterocycles. The van der Waals surface area contributed by atoms with Gasteiger partial charge in [-0.15, -0.1) is 0 Å². The third kappa shape index (κ3) is 1.76. The predicted octanol–water partition coefficient (Wildman–Crippen LogP) is 2.03. The number of nitrogens with zero attached hydrogens (tertiary/aromatic N) is 2. The van der Waals surface area contributed by atoms with Gasteiger partial charge in [-0.25, -0.2) is 9.97 Å². The largest absolute Gasteiger partial charge is 0.435 e. The van der Waals surface area contributed by atoms with Gasteiger partial charge in [-0.05, 0) is 12.1 Å². The first-order valence-electron chi connectivity index (χ1n) is 3.83. The van der Waals surface area contributed by atoms with Crippen LogP contribution in [0.25, 0.3) is 10.9 Å². The van der Waals surface area contributed by atoms with Crippen LogP contribution in [0, 0.1) is 6.33 Å². The molecule has 71 valence electrons. The third-order valence-corrected chi connectivity index (χ3v) is 1.66. The van der Waals surface area contributed by atoms with Gasteiger partial charge in [-0.3, -0.25) is 0 Å². The molecule has 14 heavy (non-hydrogen) atoms. The fraction of sp³-hybridized carbons (Fsp3) is 0.111. The molecular weight excluding hydrogens is 190 g/mol. The number of aromatic nitrogens is 2. The Bertz CT molecular complexity index is 448. The number of hydrogen-bond donors (Lipinski definition) is 0. The van der Waals surface area contributed by atoms with Gasteiger partial charge >= 0.3 is 6.61 Å². The number of rotatable bonds is 2. The maximum Gasteiger partial charge on any atom is 0.387 e. The monoisotopic (exact) mass is 195 g/mol. The molecule has 1 heterocycles. The first kappa shape index (κ1) is 8.80. The average Bonchev–Trinajstić information content (AvgIpc) is 2.17. The first-order valence-corrected chi connectivity index (χ1v) is 3.83. The number of hydrogen-bond acceptors (Lipinski definition) is 3. The molecule has 0 saturated carbocycles. The van der Waals surface area contributed by atoms with Gasteiger partial charge in [0.2, 0.25) is 0 Å². The highest BCUT2D eigenvalue weighted by molar-refractivity contribution is 5.78. The molecule has 1 aromatic carbocycles. The van der Waals surface area contributed by atoms with Crippen LogP contribution in [0.4, 0.5) is 8.78 Å². The van der Waals surface area contributed by atoms with Crippen molar-refractivity contribution in [1.29, 1.82) is 0 Å². The van der Waals surface area contributed by atoms with E-state index in [0.29, 0.717) is 5.52 Å². The van der Waals surface area contributed by atoms with E-state index in [4.69, 9.17) is 0 Å². The van der Waals surface area contributed by atoms with Crippen LogP contribution in [-0.2, 0) is 0 Å². The van der Waals surface area contributed by atoms with E-state index in [0.717, 1.165) is 5.39 Å². The molecule has 1 radical (unpaired) electrons. The minimum atomic E-state index is -2.82. The van der Waals surface area contributed by atoms with Crippen molar-refractivity contribution in [2.45, 2.75) is 6.61 Å². The van der Waals surface area contributed by atoms with Gasteiger partial charge < -0.3 is 4.74 Å². The Hall–Kier alpha value is -1.78. The summed E-state index contributed by atoms with van der Waals surface area (Å²) in [5, 5.41) is 0.755. The summed E-state index contributed by atoms with van der Waals surface area (Å²) in [4.78, 5) is 7.47. The highest BCUT2D eigenvalue weighted by atomic mass is 19.3. The minimum Gasteiger partial charge on any atom is -0.435 e. The lowest BCUT2D eigenvalue weighted by atomic mass is 10.2. The Morgan fingerprint density at radius 1 is 1.36 bits per heavy atom. The zero-order valence-electron chi connectivity index (χ0n) is 6.95. The van der Waals surface area contributed by atoms with Gasteiger partial charge in [-0.2, -0.15) is 8.78 Å². The third-order valence-electron chi connectivity index (χ3n) is 1.66. The molecule has 0 saturated heterocycles. The molecule has 2 rings (SSSR count). The normalized spacial score (nSPS) is 10.8.